The average molecular weight is 257 g/mol. The smallest absolute Gasteiger partial charge is 0.0203 e. The minimum atomic E-state index is 0.778. The van der Waals surface area contributed by atoms with E-state index in [2.05, 4.69) is 44.8 Å². The summed E-state index contributed by atoms with van der Waals surface area (Å²) in [6, 6.07) is 0.778. The second-order valence-corrected chi connectivity index (χ2v) is 7.14. The summed E-state index contributed by atoms with van der Waals surface area (Å²) in [7, 11) is 0. The van der Waals surface area contributed by atoms with E-state index >= 15 is 0 Å². The Morgan fingerprint density at radius 2 is 2.06 bits per heavy atom. The van der Waals surface area contributed by atoms with Crippen molar-refractivity contribution in [1.29, 1.82) is 0 Å². The Morgan fingerprint density at radius 1 is 1.29 bits per heavy atom. The molecule has 1 nitrogen and oxygen atoms in total. The molecule has 0 spiro atoms. The Bertz CT molecular complexity index is 193. The van der Waals surface area contributed by atoms with Gasteiger partial charge in [-0.05, 0) is 49.8 Å². The molecule has 4 unspecified atom stereocenters. The number of rotatable bonds is 7. The predicted molar refractivity (Wildman–Crippen MR) is 80.8 cm³/mol. The van der Waals surface area contributed by atoms with E-state index < -0.39 is 0 Å². The molecule has 2 heteroatoms. The molecule has 1 fully saturated rings. The maximum atomic E-state index is 3.76. The molecule has 0 aromatic carbocycles. The molecule has 0 aromatic rings. The Hall–Kier alpha value is 0.310. The van der Waals surface area contributed by atoms with Crippen LogP contribution in [0.25, 0.3) is 0 Å². The largest absolute Gasteiger partial charge is 0.313 e. The number of thioether (sulfide) groups is 1. The van der Waals surface area contributed by atoms with Crippen LogP contribution in [0.2, 0.25) is 0 Å². The molecule has 0 radical (unpaired) electrons. The van der Waals surface area contributed by atoms with Gasteiger partial charge in [-0.25, -0.2) is 0 Å². The summed E-state index contributed by atoms with van der Waals surface area (Å²) in [5.41, 5.74) is 0. The molecule has 0 saturated heterocycles. The number of nitrogens with one attached hydrogen (secondary N) is 1. The molecule has 17 heavy (non-hydrogen) atoms. The molecule has 1 saturated carbocycles. The first-order valence-corrected chi connectivity index (χ1v) is 8.57. The van der Waals surface area contributed by atoms with Gasteiger partial charge < -0.3 is 5.32 Å². The van der Waals surface area contributed by atoms with Gasteiger partial charge in [0, 0.05) is 11.3 Å². The molecule has 0 bridgehead atoms. The van der Waals surface area contributed by atoms with E-state index in [9.17, 15) is 0 Å². The van der Waals surface area contributed by atoms with Crippen LogP contribution in [0, 0.1) is 11.8 Å². The summed E-state index contributed by atoms with van der Waals surface area (Å²) in [6.45, 7) is 10.6. The van der Waals surface area contributed by atoms with E-state index in [1.165, 1.54) is 44.4 Å². The van der Waals surface area contributed by atoms with Gasteiger partial charge in [0.25, 0.3) is 0 Å². The molecule has 1 aliphatic rings. The third-order valence-corrected chi connectivity index (χ3v) is 5.71. The van der Waals surface area contributed by atoms with Crippen LogP contribution < -0.4 is 5.32 Å². The molecule has 0 aromatic heterocycles. The van der Waals surface area contributed by atoms with Gasteiger partial charge in [-0.1, -0.05) is 34.1 Å². The van der Waals surface area contributed by atoms with Gasteiger partial charge in [0.05, 0.1) is 0 Å². The van der Waals surface area contributed by atoms with E-state index in [1.54, 1.807) is 0 Å². The van der Waals surface area contributed by atoms with Gasteiger partial charge in [-0.3, -0.25) is 0 Å². The molecule has 0 aliphatic heterocycles. The highest BCUT2D eigenvalue weighted by Gasteiger charge is 2.28. The van der Waals surface area contributed by atoms with Crippen LogP contribution >= 0.6 is 11.8 Å². The zero-order valence-corrected chi connectivity index (χ0v) is 13.0. The van der Waals surface area contributed by atoms with Crippen molar-refractivity contribution in [3.8, 4) is 0 Å². The Labute approximate surface area is 113 Å². The fraction of sp³-hybridized carbons (Fsp3) is 1.00. The Balaban J connectivity index is 2.37. The maximum absolute atomic E-state index is 3.76. The fourth-order valence-electron chi connectivity index (χ4n) is 2.48. The molecular formula is C15H31NS. The van der Waals surface area contributed by atoms with E-state index in [4.69, 9.17) is 0 Å². The molecule has 102 valence electrons. The Morgan fingerprint density at radius 3 is 2.71 bits per heavy atom. The third-order valence-electron chi connectivity index (χ3n) is 4.00. The lowest BCUT2D eigenvalue weighted by Gasteiger charge is -2.35. The van der Waals surface area contributed by atoms with Crippen molar-refractivity contribution in [3.63, 3.8) is 0 Å². The van der Waals surface area contributed by atoms with Crippen molar-refractivity contribution in [2.75, 3.05) is 12.3 Å². The van der Waals surface area contributed by atoms with E-state index in [1.807, 2.05) is 0 Å². The topological polar surface area (TPSA) is 12.0 Å². The van der Waals surface area contributed by atoms with Crippen molar-refractivity contribution < 1.29 is 0 Å². The normalized spacial score (nSPS) is 31.4. The minimum Gasteiger partial charge on any atom is -0.313 e. The van der Waals surface area contributed by atoms with Crippen molar-refractivity contribution in [2.45, 2.75) is 71.1 Å². The first-order chi connectivity index (χ1) is 8.17. The van der Waals surface area contributed by atoms with Gasteiger partial charge in [-0.2, -0.15) is 11.8 Å². The van der Waals surface area contributed by atoms with Crippen LogP contribution in [0.15, 0.2) is 0 Å². The first-order valence-electron chi connectivity index (χ1n) is 7.52. The highest BCUT2D eigenvalue weighted by molar-refractivity contribution is 7.99. The molecule has 1 N–H and O–H groups in total. The minimum absolute atomic E-state index is 0.778. The second-order valence-electron chi connectivity index (χ2n) is 5.86. The standard InChI is InChI=1S/C15H31NS/c1-5-9-16-14-8-7-13(4)10-15(14)17-11-12(3)6-2/h12-16H,5-11H2,1-4H3. The fourth-order valence-corrected chi connectivity index (χ4v) is 4.22. The lowest BCUT2D eigenvalue weighted by atomic mass is 9.87. The SMILES string of the molecule is CCCNC1CCC(C)CC1SCC(C)CC. The van der Waals surface area contributed by atoms with Gasteiger partial charge in [0.1, 0.15) is 0 Å². The average Bonchev–Trinajstić information content (AvgIpc) is 2.34. The van der Waals surface area contributed by atoms with Crippen LogP contribution in [0.1, 0.15) is 59.8 Å². The van der Waals surface area contributed by atoms with Crippen LogP contribution in [-0.4, -0.2) is 23.6 Å². The lowest BCUT2D eigenvalue weighted by molar-refractivity contribution is 0.317. The van der Waals surface area contributed by atoms with Gasteiger partial charge in [0.15, 0.2) is 0 Å². The highest BCUT2D eigenvalue weighted by atomic mass is 32.2. The van der Waals surface area contributed by atoms with Crippen LogP contribution in [0.3, 0.4) is 0 Å². The van der Waals surface area contributed by atoms with Gasteiger partial charge in [0.2, 0.25) is 0 Å². The predicted octanol–water partition coefficient (Wildman–Crippen LogP) is 4.32. The summed E-state index contributed by atoms with van der Waals surface area (Å²) in [4.78, 5) is 0. The van der Waals surface area contributed by atoms with Crippen LogP contribution in [-0.2, 0) is 0 Å². The van der Waals surface area contributed by atoms with Gasteiger partial charge >= 0.3 is 0 Å². The van der Waals surface area contributed by atoms with Crippen molar-refractivity contribution in [1.82, 2.24) is 5.32 Å². The Kier molecular flexibility index (Phi) is 7.61. The van der Waals surface area contributed by atoms with Crippen LogP contribution in [0.5, 0.6) is 0 Å². The van der Waals surface area contributed by atoms with E-state index in [0.717, 1.165) is 23.1 Å². The van der Waals surface area contributed by atoms with Crippen molar-refractivity contribution >= 4 is 11.8 Å². The van der Waals surface area contributed by atoms with Crippen LogP contribution in [0.4, 0.5) is 0 Å². The van der Waals surface area contributed by atoms with E-state index in [0.29, 0.717) is 0 Å². The molecule has 1 rings (SSSR count). The summed E-state index contributed by atoms with van der Waals surface area (Å²) in [5.74, 6) is 3.16. The van der Waals surface area contributed by atoms with Gasteiger partial charge in [-0.15, -0.1) is 0 Å². The number of hydrogen-bond donors (Lipinski definition) is 1. The zero-order valence-electron chi connectivity index (χ0n) is 12.2. The molecule has 4 atom stereocenters. The summed E-state index contributed by atoms with van der Waals surface area (Å²) >= 11 is 2.23. The van der Waals surface area contributed by atoms with Crippen molar-refractivity contribution in [3.05, 3.63) is 0 Å². The molecular weight excluding hydrogens is 226 g/mol. The lowest BCUT2D eigenvalue weighted by Crippen LogP contribution is -2.42. The summed E-state index contributed by atoms with van der Waals surface area (Å²) in [6.07, 6.45) is 6.81. The molecule has 0 amide bonds. The highest BCUT2D eigenvalue weighted by Crippen LogP contribution is 2.33. The summed E-state index contributed by atoms with van der Waals surface area (Å²) < 4.78 is 0. The quantitative estimate of drug-likeness (QED) is 0.729. The van der Waals surface area contributed by atoms with Crippen molar-refractivity contribution in [2.24, 2.45) is 11.8 Å². The summed E-state index contributed by atoms with van der Waals surface area (Å²) in [5, 5.41) is 4.62. The molecule has 1 aliphatic carbocycles. The third kappa shape index (κ3) is 5.65. The monoisotopic (exact) mass is 257 g/mol. The first kappa shape index (κ1) is 15.4. The van der Waals surface area contributed by atoms with E-state index in [-0.39, 0.29) is 0 Å². The zero-order chi connectivity index (χ0) is 12.7. The second kappa shape index (κ2) is 8.42. The maximum Gasteiger partial charge on any atom is 0.0203 e. The molecule has 0 heterocycles. The number of hydrogen-bond acceptors (Lipinski definition) is 2.